The number of carbonyl (C=O) groups excluding carboxylic acids is 4. The maximum absolute atomic E-state index is 13.7. The molecule has 53 heavy (non-hydrogen) atoms. The van der Waals surface area contributed by atoms with Gasteiger partial charge >= 0.3 is 11.9 Å². The number of ether oxygens (including phenoxy) is 2. The molecular formula is C46H25NO6. The molecule has 1 heterocycles. The second kappa shape index (κ2) is 14.9. The van der Waals surface area contributed by atoms with E-state index < -0.39 is 23.8 Å². The first kappa shape index (κ1) is 33.6. The lowest BCUT2D eigenvalue weighted by Crippen LogP contribution is -2.30. The molecule has 0 fully saturated rings. The van der Waals surface area contributed by atoms with Crippen molar-refractivity contribution in [3.8, 4) is 47.5 Å². The summed E-state index contributed by atoms with van der Waals surface area (Å²) >= 11 is 0. The summed E-state index contributed by atoms with van der Waals surface area (Å²) in [6, 6.07) is 40.6. The molecule has 2 amide bonds. The van der Waals surface area contributed by atoms with Gasteiger partial charge in [0.1, 0.15) is 11.5 Å². The highest BCUT2D eigenvalue weighted by molar-refractivity contribution is 6.34. The van der Waals surface area contributed by atoms with Crippen LogP contribution in [0.2, 0.25) is 0 Å². The van der Waals surface area contributed by atoms with E-state index in [0.29, 0.717) is 16.7 Å². The standard InChI is InChI=1S/C46H25NO6/c1-2-31-23-24-41-42(27-31)44(49)47(43(41)48)38-29-36(45(50)52-39-17-9-15-34(25-39)21-19-32-11-5-3-6-12-32)28-37(30-38)46(51)53-40-18-10-16-35(26-40)22-20-33-13-7-4-8-14-33/h1,3-18,23-30H. The van der Waals surface area contributed by atoms with Crippen LogP contribution in [0.15, 0.2) is 146 Å². The van der Waals surface area contributed by atoms with Crippen LogP contribution in [0, 0.1) is 36.0 Å². The van der Waals surface area contributed by atoms with Gasteiger partial charge in [-0.2, -0.15) is 0 Å². The predicted molar refractivity (Wildman–Crippen MR) is 200 cm³/mol. The lowest BCUT2D eigenvalue weighted by molar-refractivity contribution is 0.0732. The highest BCUT2D eigenvalue weighted by Crippen LogP contribution is 2.31. The summed E-state index contributed by atoms with van der Waals surface area (Å²) in [7, 11) is 0. The molecule has 0 aromatic heterocycles. The summed E-state index contributed by atoms with van der Waals surface area (Å²) in [6.07, 6.45) is 5.53. The molecule has 0 radical (unpaired) electrons. The van der Waals surface area contributed by atoms with Crippen LogP contribution in [0.25, 0.3) is 0 Å². The Hall–Kier alpha value is -7.92. The van der Waals surface area contributed by atoms with Crippen LogP contribution in [0.5, 0.6) is 11.5 Å². The van der Waals surface area contributed by atoms with E-state index >= 15 is 0 Å². The van der Waals surface area contributed by atoms with Crippen LogP contribution in [0.4, 0.5) is 5.69 Å². The molecule has 0 unspecified atom stereocenters. The Morgan fingerprint density at radius 2 is 0.943 bits per heavy atom. The van der Waals surface area contributed by atoms with Crippen molar-refractivity contribution in [2.45, 2.75) is 0 Å². The zero-order valence-electron chi connectivity index (χ0n) is 27.8. The van der Waals surface area contributed by atoms with Crippen molar-refractivity contribution in [2.24, 2.45) is 0 Å². The van der Waals surface area contributed by atoms with Crippen LogP contribution in [-0.2, 0) is 0 Å². The molecule has 0 saturated heterocycles. The van der Waals surface area contributed by atoms with Gasteiger partial charge in [-0.15, -0.1) is 6.42 Å². The van der Waals surface area contributed by atoms with Gasteiger partial charge in [0.25, 0.3) is 11.8 Å². The molecule has 0 atom stereocenters. The summed E-state index contributed by atoms with van der Waals surface area (Å²) in [6.45, 7) is 0. The van der Waals surface area contributed by atoms with Crippen molar-refractivity contribution in [1.29, 1.82) is 0 Å². The fourth-order valence-electron chi connectivity index (χ4n) is 5.48. The van der Waals surface area contributed by atoms with Gasteiger partial charge in [-0.3, -0.25) is 9.59 Å². The number of rotatable bonds is 5. The number of fused-ring (bicyclic) bond motifs is 1. The van der Waals surface area contributed by atoms with Gasteiger partial charge in [-0.05, 0) is 97.1 Å². The molecule has 6 aromatic carbocycles. The van der Waals surface area contributed by atoms with Gasteiger partial charge in [0.15, 0.2) is 0 Å². The zero-order valence-corrected chi connectivity index (χ0v) is 27.8. The molecule has 1 aliphatic heterocycles. The number of nitrogens with zero attached hydrogens (tertiary/aromatic N) is 1. The Kier molecular flexibility index (Phi) is 9.44. The normalized spacial score (nSPS) is 11.3. The molecule has 0 N–H and O–H groups in total. The number of hydrogen-bond donors (Lipinski definition) is 0. The second-order valence-electron chi connectivity index (χ2n) is 11.7. The van der Waals surface area contributed by atoms with Crippen molar-refractivity contribution in [3.05, 3.63) is 196 Å². The molecule has 7 heteroatoms. The first-order chi connectivity index (χ1) is 25.8. The van der Waals surface area contributed by atoms with E-state index in [1.54, 1.807) is 54.6 Å². The molecule has 0 spiro atoms. The largest absolute Gasteiger partial charge is 0.423 e. The number of imide groups is 1. The van der Waals surface area contributed by atoms with E-state index in [1.807, 2.05) is 60.7 Å². The fraction of sp³-hybridized carbons (Fsp3) is 0. The summed E-state index contributed by atoms with van der Waals surface area (Å²) in [5, 5.41) is 0. The molecule has 1 aliphatic rings. The van der Waals surface area contributed by atoms with Crippen molar-refractivity contribution in [2.75, 3.05) is 4.90 Å². The number of esters is 2. The average Bonchev–Trinajstić information content (AvgIpc) is 3.45. The van der Waals surface area contributed by atoms with Crippen LogP contribution >= 0.6 is 0 Å². The van der Waals surface area contributed by atoms with Crippen molar-refractivity contribution < 1.29 is 28.7 Å². The topological polar surface area (TPSA) is 90.0 Å². The van der Waals surface area contributed by atoms with Crippen LogP contribution < -0.4 is 14.4 Å². The summed E-state index contributed by atoms with van der Waals surface area (Å²) in [5.41, 5.74) is 3.23. The minimum Gasteiger partial charge on any atom is -0.423 e. The smallest absolute Gasteiger partial charge is 0.343 e. The maximum atomic E-state index is 13.7. The third kappa shape index (κ3) is 7.64. The molecule has 250 valence electrons. The molecule has 6 aromatic rings. The number of anilines is 1. The number of terminal acetylenes is 1. The Morgan fingerprint density at radius 3 is 1.45 bits per heavy atom. The molecular weight excluding hydrogens is 663 g/mol. The number of amides is 2. The quantitative estimate of drug-likeness (QED) is 0.0799. The highest BCUT2D eigenvalue weighted by Gasteiger charge is 2.37. The summed E-state index contributed by atoms with van der Waals surface area (Å²) < 4.78 is 11.4. The van der Waals surface area contributed by atoms with Crippen LogP contribution in [0.3, 0.4) is 0 Å². The van der Waals surface area contributed by atoms with Crippen LogP contribution in [0.1, 0.15) is 69.2 Å². The Labute approximate surface area is 305 Å². The Balaban J connectivity index is 1.20. The van der Waals surface area contributed by atoms with Crippen molar-refractivity contribution >= 4 is 29.4 Å². The van der Waals surface area contributed by atoms with Gasteiger partial charge in [-0.1, -0.05) is 78.1 Å². The number of carbonyl (C=O) groups is 4. The third-order valence-electron chi connectivity index (χ3n) is 8.04. The first-order valence-corrected chi connectivity index (χ1v) is 16.3. The van der Waals surface area contributed by atoms with Gasteiger partial charge < -0.3 is 9.47 Å². The molecule has 0 aliphatic carbocycles. The monoisotopic (exact) mass is 687 g/mol. The van der Waals surface area contributed by atoms with E-state index in [2.05, 4.69) is 29.6 Å². The van der Waals surface area contributed by atoms with Crippen molar-refractivity contribution in [1.82, 2.24) is 0 Å². The number of benzene rings is 6. The zero-order chi connectivity index (χ0) is 36.7. The Bertz CT molecular complexity index is 2480. The molecule has 7 rings (SSSR count). The third-order valence-corrected chi connectivity index (χ3v) is 8.04. The van der Waals surface area contributed by atoms with E-state index in [0.717, 1.165) is 16.0 Å². The summed E-state index contributed by atoms with van der Waals surface area (Å²) in [5.74, 6) is 12.1. The van der Waals surface area contributed by atoms with Gasteiger partial charge in [0.05, 0.1) is 27.9 Å². The number of hydrogen-bond acceptors (Lipinski definition) is 6. The highest BCUT2D eigenvalue weighted by atomic mass is 16.5. The van der Waals surface area contributed by atoms with Gasteiger partial charge in [0.2, 0.25) is 0 Å². The van der Waals surface area contributed by atoms with Gasteiger partial charge in [-0.25, -0.2) is 14.5 Å². The van der Waals surface area contributed by atoms with E-state index in [9.17, 15) is 19.2 Å². The lowest BCUT2D eigenvalue weighted by Gasteiger charge is -2.17. The lowest BCUT2D eigenvalue weighted by atomic mass is 10.1. The summed E-state index contributed by atoms with van der Waals surface area (Å²) in [4.78, 5) is 55.4. The molecule has 7 nitrogen and oxygen atoms in total. The maximum Gasteiger partial charge on any atom is 0.343 e. The van der Waals surface area contributed by atoms with Gasteiger partial charge in [0, 0.05) is 27.8 Å². The SMILES string of the molecule is C#Cc1ccc2c(c1)C(=O)N(c1cc(C(=O)Oc3cccc(C#Cc4ccccc4)c3)cc(C(=O)Oc3cccc(C#Cc4ccccc4)c3)c1)C2=O. The molecule has 0 saturated carbocycles. The Morgan fingerprint density at radius 1 is 0.472 bits per heavy atom. The average molecular weight is 688 g/mol. The predicted octanol–water partition coefficient (Wildman–Crippen LogP) is 7.71. The minimum absolute atomic E-state index is 0.0372. The first-order valence-electron chi connectivity index (χ1n) is 16.3. The van der Waals surface area contributed by atoms with Crippen molar-refractivity contribution in [3.63, 3.8) is 0 Å². The minimum atomic E-state index is -0.849. The molecule has 0 bridgehead atoms. The van der Waals surface area contributed by atoms with Crippen LogP contribution in [-0.4, -0.2) is 23.8 Å². The van der Waals surface area contributed by atoms with E-state index in [1.165, 1.54) is 30.3 Å². The fourth-order valence-corrected chi connectivity index (χ4v) is 5.48. The van der Waals surface area contributed by atoms with E-state index in [4.69, 9.17) is 15.9 Å². The second-order valence-corrected chi connectivity index (χ2v) is 11.7. The van der Waals surface area contributed by atoms with E-state index in [-0.39, 0.29) is 39.4 Å².